The fourth-order valence-corrected chi connectivity index (χ4v) is 3.27. The Balaban J connectivity index is 1.62. The molecule has 2 fully saturated rings. The van der Waals surface area contributed by atoms with Gasteiger partial charge in [-0.05, 0) is 44.7 Å². The van der Waals surface area contributed by atoms with Gasteiger partial charge in [0.1, 0.15) is 0 Å². The van der Waals surface area contributed by atoms with Crippen LogP contribution in [0.4, 0.5) is 0 Å². The number of rotatable bonds is 6. The second kappa shape index (κ2) is 7.99. The fourth-order valence-electron chi connectivity index (χ4n) is 3.27. The predicted octanol–water partition coefficient (Wildman–Crippen LogP) is 1.71. The Bertz CT molecular complexity index is 298. The van der Waals surface area contributed by atoms with Crippen molar-refractivity contribution in [2.75, 3.05) is 39.3 Å². The van der Waals surface area contributed by atoms with Crippen molar-refractivity contribution in [3.8, 4) is 0 Å². The minimum Gasteiger partial charge on any atom is -0.342 e. The first-order valence-corrected chi connectivity index (χ1v) is 8.38. The number of nitrogens with one attached hydrogen (secondary N) is 1. The number of amides is 1. The smallest absolute Gasteiger partial charge is 0.222 e. The molecule has 20 heavy (non-hydrogen) atoms. The molecule has 0 atom stereocenters. The standard InChI is InChI=1S/C16H31N3O/c1-14(2)17-8-12-18-10-6-15(7-11-18)13-19-9-4-3-5-16(19)20/h14-15,17H,3-13H2,1-2H3. The van der Waals surface area contributed by atoms with Crippen molar-refractivity contribution < 1.29 is 4.79 Å². The Morgan fingerprint density at radius 2 is 1.95 bits per heavy atom. The fraction of sp³-hybridized carbons (Fsp3) is 0.938. The molecule has 0 bridgehead atoms. The van der Waals surface area contributed by atoms with Gasteiger partial charge in [-0.25, -0.2) is 0 Å². The van der Waals surface area contributed by atoms with Crippen LogP contribution in [0.15, 0.2) is 0 Å². The second-order valence-corrected chi connectivity index (χ2v) is 6.69. The van der Waals surface area contributed by atoms with E-state index in [4.69, 9.17) is 0 Å². The predicted molar refractivity (Wildman–Crippen MR) is 82.7 cm³/mol. The molecule has 1 amide bonds. The maximum Gasteiger partial charge on any atom is 0.222 e. The molecular formula is C16H31N3O. The number of carbonyl (C=O) groups is 1. The third kappa shape index (κ3) is 5.06. The Kier molecular flexibility index (Phi) is 6.30. The molecule has 0 spiro atoms. The molecule has 2 heterocycles. The molecule has 0 radical (unpaired) electrons. The number of nitrogens with zero attached hydrogens (tertiary/aromatic N) is 2. The van der Waals surface area contributed by atoms with E-state index in [1.54, 1.807) is 0 Å². The summed E-state index contributed by atoms with van der Waals surface area (Å²) in [5, 5.41) is 3.48. The van der Waals surface area contributed by atoms with Gasteiger partial charge in [0.15, 0.2) is 0 Å². The molecule has 1 N–H and O–H groups in total. The molecule has 4 nitrogen and oxygen atoms in total. The van der Waals surface area contributed by atoms with Gasteiger partial charge in [-0.15, -0.1) is 0 Å². The zero-order valence-electron chi connectivity index (χ0n) is 13.2. The highest BCUT2D eigenvalue weighted by Gasteiger charge is 2.24. The van der Waals surface area contributed by atoms with Crippen LogP contribution in [0.3, 0.4) is 0 Å². The van der Waals surface area contributed by atoms with Gasteiger partial charge in [-0.2, -0.15) is 0 Å². The van der Waals surface area contributed by atoms with E-state index >= 15 is 0 Å². The van der Waals surface area contributed by atoms with Crippen LogP contribution in [0, 0.1) is 5.92 Å². The second-order valence-electron chi connectivity index (χ2n) is 6.69. The van der Waals surface area contributed by atoms with E-state index in [-0.39, 0.29) is 0 Å². The topological polar surface area (TPSA) is 35.6 Å². The van der Waals surface area contributed by atoms with Crippen LogP contribution in [0.2, 0.25) is 0 Å². The molecule has 2 aliphatic heterocycles. The highest BCUT2D eigenvalue weighted by Crippen LogP contribution is 2.20. The summed E-state index contributed by atoms with van der Waals surface area (Å²) in [4.78, 5) is 16.5. The largest absolute Gasteiger partial charge is 0.342 e. The van der Waals surface area contributed by atoms with E-state index in [0.29, 0.717) is 11.9 Å². The van der Waals surface area contributed by atoms with E-state index in [0.717, 1.165) is 44.9 Å². The average Bonchev–Trinajstić information content (AvgIpc) is 2.43. The van der Waals surface area contributed by atoms with E-state index in [2.05, 4.69) is 29.0 Å². The van der Waals surface area contributed by atoms with Crippen molar-refractivity contribution in [3.63, 3.8) is 0 Å². The lowest BCUT2D eigenvalue weighted by Gasteiger charge is -2.36. The Morgan fingerprint density at radius 3 is 2.60 bits per heavy atom. The lowest BCUT2D eigenvalue weighted by Crippen LogP contribution is -2.44. The Labute approximate surface area is 123 Å². The van der Waals surface area contributed by atoms with Crippen LogP contribution < -0.4 is 5.32 Å². The monoisotopic (exact) mass is 281 g/mol. The highest BCUT2D eigenvalue weighted by molar-refractivity contribution is 5.76. The summed E-state index contributed by atoms with van der Waals surface area (Å²) in [5.41, 5.74) is 0. The number of hydrogen-bond donors (Lipinski definition) is 1. The first-order valence-electron chi connectivity index (χ1n) is 8.38. The van der Waals surface area contributed by atoms with Crippen LogP contribution >= 0.6 is 0 Å². The lowest BCUT2D eigenvalue weighted by molar-refractivity contribution is -0.134. The minimum atomic E-state index is 0.389. The van der Waals surface area contributed by atoms with Crippen LogP contribution in [-0.4, -0.2) is 61.0 Å². The molecule has 0 aromatic heterocycles. The van der Waals surface area contributed by atoms with Gasteiger partial charge in [-0.3, -0.25) is 4.79 Å². The number of hydrogen-bond acceptors (Lipinski definition) is 3. The molecule has 0 aromatic carbocycles. The molecule has 2 rings (SSSR count). The summed E-state index contributed by atoms with van der Waals surface area (Å²) in [7, 11) is 0. The van der Waals surface area contributed by atoms with E-state index < -0.39 is 0 Å². The minimum absolute atomic E-state index is 0.389. The molecule has 0 aromatic rings. The third-order valence-corrected chi connectivity index (χ3v) is 4.59. The van der Waals surface area contributed by atoms with E-state index in [9.17, 15) is 4.79 Å². The zero-order chi connectivity index (χ0) is 14.4. The van der Waals surface area contributed by atoms with Crippen molar-refractivity contribution in [1.82, 2.24) is 15.1 Å². The summed E-state index contributed by atoms with van der Waals surface area (Å²) in [6, 6.07) is 0.581. The summed E-state index contributed by atoms with van der Waals surface area (Å²) >= 11 is 0. The molecule has 116 valence electrons. The van der Waals surface area contributed by atoms with Gasteiger partial charge in [0.2, 0.25) is 5.91 Å². The van der Waals surface area contributed by atoms with Crippen molar-refractivity contribution >= 4 is 5.91 Å². The maximum absolute atomic E-state index is 11.8. The highest BCUT2D eigenvalue weighted by atomic mass is 16.2. The van der Waals surface area contributed by atoms with Gasteiger partial charge in [-0.1, -0.05) is 13.8 Å². The molecule has 2 saturated heterocycles. The Hall–Kier alpha value is -0.610. The summed E-state index contributed by atoms with van der Waals surface area (Å²) in [5.74, 6) is 1.12. The zero-order valence-corrected chi connectivity index (χ0v) is 13.2. The van der Waals surface area contributed by atoms with E-state index in [1.807, 2.05) is 0 Å². The van der Waals surface area contributed by atoms with Crippen molar-refractivity contribution in [3.05, 3.63) is 0 Å². The summed E-state index contributed by atoms with van der Waals surface area (Å²) in [6.45, 7) is 11.1. The molecule has 0 unspecified atom stereocenters. The average molecular weight is 281 g/mol. The maximum atomic E-state index is 11.8. The van der Waals surface area contributed by atoms with Crippen LogP contribution in [0.1, 0.15) is 46.0 Å². The van der Waals surface area contributed by atoms with Crippen molar-refractivity contribution in [2.45, 2.75) is 52.0 Å². The molecule has 0 aliphatic carbocycles. The van der Waals surface area contributed by atoms with Crippen LogP contribution in [0.5, 0.6) is 0 Å². The summed E-state index contributed by atoms with van der Waals surface area (Å²) in [6.07, 6.45) is 5.58. The van der Waals surface area contributed by atoms with Gasteiger partial charge < -0.3 is 15.1 Å². The number of piperidine rings is 2. The third-order valence-electron chi connectivity index (χ3n) is 4.59. The quantitative estimate of drug-likeness (QED) is 0.805. The first kappa shape index (κ1) is 15.8. The lowest BCUT2D eigenvalue weighted by atomic mass is 9.95. The van der Waals surface area contributed by atoms with Gasteiger partial charge in [0.25, 0.3) is 0 Å². The van der Waals surface area contributed by atoms with Crippen molar-refractivity contribution in [1.29, 1.82) is 0 Å². The normalized spacial score (nSPS) is 22.8. The summed E-state index contributed by atoms with van der Waals surface area (Å²) < 4.78 is 0. The molecule has 2 aliphatic rings. The number of carbonyl (C=O) groups excluding carboxylic acids is 1. The van der Waals surface area contributed by atoms with Gasteiger partial charge in [0, 0.05) is 38.6 Å². The van der Waals surface area contributed by atoms with Gasteiger partial charge in [0.05, 0.1) is 0 Å². The molecular weight excluding hydrogens is 250 g/mol. The van der Waals surface area contributed by atoms with Crippen LogP contribution in [0.25, 0.3) is 0 Å². The van der Waals surface area contributed by atoms with Crippen molar-refractivity contribution in [2.24, 2.45) is 5.92 Å². The molecule has 4 heteroatoms. The molecule has 0 saturated carbocycles. The Morgan fingerprint density at radius 1 is 1.20 bits per heavy atom. The first-order chi connectivity index (χ1) is 9.65. The van der Waals surface area contributed by atoms with Gasteiger partial charge >= 0.3 is 0 Å². The van der Waals surface area contributed by atoms with E-state index in [1.165, 1.54) is 32.4 Å². The SMILES string of the molecule is CC(C)NCCN1CCC(CN2CCCCC2=O)CC1. The number of likely N-dealkylation sites (tertiary alicyclic amines) is 2. The van der Waals surface area contributed by atoms with Crippen LogP contribution in [-0.2, 0) is 4.79 Å².